The molecule has 1 amide bonds. The Morgan fingerprint density at radius 1 is 1.08 bits per heavy atom. The van der Waals surface area contributed by atoms with Crippen molar-refractivity contribution >= 4 is 23.2 Å². The molecule has 0 aliphatic heterocycles. The van der Waals surface area contributed by atoms with Crippen molar-refractivity contribution in [1.29, 1.82) is 0 Å². The van der Waals surface area contributed by atoms with E-state index < -0.39 is 17.0 Å². The Bertz CT molecular complexity index is 1460. The zero-order valence-electron chi connectivity index (χ0n) is 21.4. The molecule has 2 aromatic heterocycles. The van der Waals surface area contributed by atoms with Crippen LogP contribution >= 0.6 is 11.6 Å². The number of nitrogens with one attached hydrogen (secondary N) is 1. The molecule has 0 bridgehead atoms. The standard InChI is InChI=1S/C29H29ClFN5O3/c1-36-16-34-25(26(36)27(37)35-21-2-3-23(31)22(30)10-21)17-8-18-11-28(38,12-19(18)9-17)5-6-29(39)13-20(14-29)24-4-7-32-15-33-24/h2-4,7,10,15-20,38-39H,8-9,11-14H2,1H3,(H,35,37). The van der Waals surface area contributed by atoms with E-state index in [0.29, 0.717) is 37.1 Å². The molecule has 202 valence electrons. The van der Waals surface area contributed by atoms with E-state index in [1.807, 2.05) is 6.07 Å². The summed E-state index contributed by atoms with van der Waals surface area (Å²) in [7, 11) is 1.77. The second kappa shape index (κ2) is 9.70. The number of hydrogen-bond donors (Lipinski definition) is 3. The summed E-state index contributed by atoms with van der Waals surface area (Å²) >= 11 is 5.86. The second-order valence-corrected chi connectivity index (χ2v) is 11.7. The predicted molar refractivity (Wildman–Crippen MR) is 142 cm³/mol. The number of aryl methyl sites for hydroxylation is 1. The molecule has 1 aromatic carbocycles. The zero-order valence-corrected chi connectivity index (χ0v) is 22.2. The Labute approximate surface area is 230 Å². The van der Waals surface area contributed by atoms with Crippen LogP contribution in [0, 0.1) is 29.5 Å². The summed E-state index contributed by atoms with van der Waals surface area (Å²) in [6.45, 7) is 0. The highest BCUT2D eigenvalue weighted by Crippen LogP contribution is 2.54. The number of rotatable bonds is 4. The molecule has 3 aliphatic rings. The van der Waals surface area contributed by atoms with Gasteiger partial charge in [0.25, 0.3) is 5.91 Å². The molecule has 0 saturated heterocycles. The van der Waals surface area contributed by atoms with Gasteiger partial charge in [-0.15, -0.1) is 0 Å². The molecule has 3 aromatic rings. The number of carbonyl (C=O) groups excluding carboxylic acids is 1. The molecule has 39 heavy (non-hydrogen) atoms. The normalized spacial score (nSPS) is 31.2. The van der Waals surface area contributed by atoms with Crippen LogP contribution in [0.25, 0.3) is 0 Å². The lowest BCUT2D eigenvalue weighted by Crippen LogP contribution is -2.42. The Morgan fingerprint density at radius 3 is 2.41 bits per heavy atom. The molecule has 3 N–H and O–H groups in total. The number of hydrogen-bond acceptors (Lipinski definition) is 6. The van der Waals surface area contributed by atoms with Crippen LogP contribution < -0.4 is 5.32 Å². The van der Waals surface area contributed by atoms with Crippen LogP contribution in [0.2, 0.25) is 5.02 Å². The number of aliphatic hydroxyl groups is 2. The van der Waals surface area contributed by atoms with Gasteiger partial charge in [-0.2, -0.15) is 0 Å². The molecule has 3 fully saturated rings. The Morgan fingerprint density at radius 2 is 1.77 bits per heavy atom. The first-order valence-electron chi connectivity index (χ1n) is 13.1. The number of fused-ring (bicyclic) bond motifs is 1. The summed E-state index contributed by atoms with van der Waals surface area (Å²) in [5, 5.41) is 24.8. The van der Waals surface area contributed by atoms with E-state index in [4.69, 9.17) is 11.6 Å². The average Bonchev–Trinajstić information content (AvgIpc) is 3.55. The van der Waals surface area contributed by atoms with E-state index in [1.165, 1.54) is 24.5 Å². The lowest BCUT2D eigenvalue weighted by molar-refractivity contribution is 0.00348. The summed E-state index contributed by atoms with van der Waals surface area (Å²) in [5.74, 6) is 5.87. The van der Waals surface area contributed by atoms with Gasteiger partial charge in [-0.25, -0.2) is 19.3 Å². The first kappa shape index (κ1) is 25.9. The molecule has 3 saturated carbocycles. The van der Waals surface area contributed by atoms with Gasteiger partial charge >= 0.3 is 0 Å². The molecule has 0 radical (unpaired) electrons. The van der Waals surface area contributed by atoms with Crippen molar-refractivity contribution in [2.45, 2.75) is 61.6 Å². The average molecular weight is 550 g/mol. The third kappa shape index (κ3) is 5.05. The Hall–Kier alpha value is -3.32. The number of imidazole rings is 1. The molecule has 6 rings (SSSR count). The first-order chi connectivity index (χ1) is 18.6. The molecule has 0 spiro atoms. The third-order valence-corrected chi connectivity index (χ3v) is 8.79. The molecule has 3 aliphatic carbocycles. The van der Waals surface area contributed by atoms with Gasteiger partial charge in [-0.3, -0.25) is 4.79 Å². The fraction of sp³-hybridized carbons (Fsp3) is 0.448. The Kier molecular flexibility index (Phi) is 6.45. The second-order valence-electron chi connectivity index (χ2n) is 11.3. The van der Waals surface area contributed by atoms with E-state index in [9.17, 15) is 19.4 Å². The number of carbonyl (C=O) groups is 1. The van der Waals surface area contributed by atoms with Crippen LogP contribution in [0.4, 0.5) is 10.1 Å². The summed E-state index contributed by atoms with van der Waals surface area (Å²) in [6.07, 6.45) is 8.50. The van der Waals surface area contributed by atoms with Gasteiger partial charge in [-0.1, -0.05) is 23.4 Å². The van der Waals surface area contributed by atoms with Crippen molar-refractivity contribution in [1.82, 2.24) is 19.5 Å². The summed E-state index contributed by atoms with van der Waals surface area (Å²) < 4.78 is 15.2. The lowest BCUT2D eigenvalue weighted by Gasteiger charge is -2.39. The topological polar surface area (TPSA) is 113 Å². The van der Waals surface area contributed by atoms with Crippen LogP contribution in [-0.2, 0) is 7.05 Å². The Balaban J connectivity index is 1.10. The quantitative estimate of drug-likeness (QED) is 0.420. The number of halogens is 2. The number of nitrogens with zero attached hydrogens (tertiary/aromatic N) is 4. The molecule has 2 heterocycles. The van der Waals surface area contributed by atoms with Crippen LogP contribution in [0.15, 0.2) is 43.1 Å². The SMILES string of the molecule is Cn1cnc(C2CC3CC(O)(C#CC4(O)CC(c5ccncn5)C4)CC3C2)c1C(=O)Nc1ccc(F)c(Cl)c1. The van der Waals surface area contributed by atoms with Gasteiger partial charge in [0.05, 0.1) is 17.0 Å². The van der Waals surface area contributed by atoms with Crippen LogP contribution in [0.3, 0.4) is 0 Å². The molecule has 2 unspecified atom stereocenters. The monoisotopic (exact) mass is 549 g/mol. The third-order valence-electron chi connectivity index (χ3n) is 8.50. The van der Waals surface area contributed by atoms with Crippen molar-refractivity contribution in [2.75, 3.05) is 5.32 Å². The van der Waals surface area contributed by atoms with E-state index in [-0.39, 0.29) is 34.6 Å². The molecule has 8 nitrogen and oxygen atoms in total. The lowest BCUT2D eigenvalue weighted by atomic mass is 9.69. The van der Waals surface area contributed by atoms with Crippen molar-refractivity contribution in [3.8, 4) is 11.8 Å². The number of benzene rings is 1. The van der Waals surface area contributed by atoms with Gasteiger partial charge in [0, 0.05) is 36.5 Å². The first-order valence-corrected chi connectivity index (χ1v) is 13.5. The largest absolute Gasteiger partial charge is 0.378 e. The van der Waals surface area contributed by atoms with Gasteiger partial charge < -0.3 is 20.1 Å². The smallest absolute Gasteiger partial charge is 0.274 e. The molecular formula is C29H29ClFN5O3. The highest BCUT2D eigenvalue weighted by Gasteiger charge is 2.50. The maximum atomic E-state index is 13.5. The van der Waals surface area contributed by atoms with E-state index in [0.717, 1.165) is 24.2 Å². The maximum absolute atomic E-state index is 13.5. The summed E-state index contributed by atoms with van der Waals surface area (Å²) in [5.41, 5.74) is 0.272. The van der Waals surface area contributed by atoms with Gasteiger partial charge in [0.1, 0.15) is 29.0 Å². The minimum atomic E-state index is -1.12. The van der Waals surface area contributed by atoms with Crippen molar-refractivity contribution < 1.29 is 19.4 Å². The zero-order chi connectivity index (χ0) is 27.4. The summed E-state index contributed by atoms with van der Waals surface area (Å²) in [6, 6.07) is 5.91. The number of anilines is 1. The number of amides is 1. The van der Waals surface area contributed by atoms with Crippen molar-refractivity contribution in [3.63, 3.8) is 0 Å². The molecular weight excluding hydrogens is 521 g/mol. The predicted octanol–water partition coefficient (Wildman–Crippen LogP) is 4.20. The van der Waals surface area contributed by atoms with Crippen LogP contribution in [-0.4, -0.2) is 46.8 Å². The molecule has 10 heteroatoms. The maximum Gasteiger partial charge on any atom is 0.274 e. The summed E-state index contributed by atoms with van der Waals surface area (Å²) in [4.78, 5) is 25.9. The van der Waals surface area contributed by atoms with Crippen LogP contribution in [0.5, 0.6) is 0 Å². The van der Waals surface area contributed by atoms with Crippen molar-refractivity contribution in [2.24, 2.45) is 18.9 Å². The van der Waals surface area contributed by atoms with E-state index in [1.54, 1.807) is 24.1 Å². The minimum Gasteiger partial charge on any atom is -0.378 e. The van der Waals surface area contributed by atoms with Gasteiger partial charge in [-0.05, 0) is 74.6 Å². The highest BCUT2D eigenvalue weighted by atomic mass is 35.5. The fourth-order valence-electron chi connectivity index (χ4n) is 6.62. The molecule has 2 atom stereocenters. The fourth-order valence-corrected chi connectivity index (χ4v) is 6.80. The van der Waals surface area contributed by atoms with E-state index in [2.05, 4.69) is 32.1 Å². The van der Waals surface area contributed by atoms with Crippen molar-refractivity contribution in [3.05, 3.63) is 71.0 Å². The number of aromatic nitrogens is 4. The minimum absolute atomic E-state index is 0.0627. The van der Waals surface area contributed by atoms with Gasteiger partial charge in [0.2, 0.25) is 0 Å². The van der Waals surface area contributed by atoms with Gasteiger partial charge in [0.15, 0.2) is 0 Å². The van der Waals surface area contributed by atoms with E-state index >= 15 is 0 Å². The van der Waals surface area contributed by atoms with Crippen LogP contribution in [0.1, 0.15) is 72.2 Å². The highest BCUT2D eigenvalue weighted by molar-refractivity contribution is 6.31.